The third kappa shape index (κ3) is 3.23. The Kier molecular flexibility index (Phi) is 4.74. The predicted molar refractivity (Wildman–Crippen MR) is 114 cm³/mol. The van der Waals surface area contributed by atoms with Crippen LogP contribution in [-0.2, 0) is 6.54 Å². The van der Waals surface area contributed by atoms with Crippen LogP contribution in [-0.4, -0.2) is 38.4 Å². The van der Waals surface area contributed by atoms with Crippen LogP contribution in [0.1, 0.15) is 0 Å². The van der Waals surface area contributed by atoms with Crippen LogP contribution in [0.2, 0.25) is 5.02 Å². The molecule has 5 rings (SSSR count). The molecule has 4 aromatic rings. The predicted octanol–water partition coefficient (Wildman–Crippen LogP) is 4.34. The van der Waals surface area contributed by atoms with E-state index in [1.165, 1.54) is 13.3 Å². The highest BCUT2D eigenvalue weighted by Gasteiger charge is 2.23. The largest absolute Gasteiger partial charge is 0.494 e. The van der Waals surface area contributed by atoms with Gasteiger partial charge in [0, 0.05) is 17.5 Å². The third-order valence-electron chi connectivity index (χ3n) is 4.97. The van der Waals surface area contributed by atoms with E-state index in [9.17, 15) is 14.5 Å². The maximum atomic E-state index is 13.9. The van der Waals surface area contributed by atoms with Crippen molar-refractivity contribution in [2.75, 3.05) is 19.0 Å². The second-order valence-corrected chi connectivity index (χ2v) is 7.26. The number of nitro benzene ring substituents is 1. The maximum absolute atomic E-state index is 13.9. The molecular weight excluding hydrogens is 443 g/mol. The van der Waals surface area contributed by atoms with Gasteiger partial charge < -0.3 is 14.8 Å². The molecule has 32 heavy (non-hydrogen) atoms. The molecule has 0 fully saturated rings. The standard InChI is InChI=1S/C20H14ClFN6O4/c1-31-16-7-12(22)14(28(29)30)8-13(16)24-20-23-9-11(21)18(25-20)17-10-3-2-4-15-19(10)27(26-17)5-6-32-15/h2-4,7-9H,5-6H2,1H3,(H,23,24,25). The highest BCUT2D eigenvalue weighted by molar-refractivity contribution is 6.33. The molecule has 0 unspecified atom stereocenters. The second-order valence-electron chi connectivity index (χ2n) is 6.85. The Balaban J connectivity index is 1.60. The van der Waals surface area contributed by atoms with Crippen LogP contribution in [0.4, 0.5) is 21.7 Å². The van der Waals surface area contributed by atoms with Gasteiger partial charge in [-0.3, -0.25) is 14.8 Å². The highest BCUT2D eigenvalue weighted by Crippen LogP contribution is 2.38. The Bertz CT molecular complexity index is 1390. The van der Waals surface area contributed by atoms with Gasteiger partial charge in [-0.2, -0.15) is 9.49 Å². The first-order valence-electron chi connectivity index (χ1n) is 9.40. The molecular formula is C20H14ClFN6O4. The molecule has 0 atom stereocenters. The van der Waals surface area contributed by atoms with Crippen LogP contribution >= 0.6 is 11.6 Å². The number of para-hydroxylation sites is 1. The van der Waals surface area contributed by atoms with Crippen LogP contribution < -0.4 is 14.8 Å². The van der Waals surface area contributed by atoms with Gasteiger partial charge in [0.2, 0.25) is 11.8 Å². The minimum absolute atomic E-state index is 0.0515. The first-order chi connectivity index (χ1) is 15.5. The van der Waals surface area contributed by atoms with Crippen molar-refractivity contribution in [3.63, 3.8) is 0 Å². The Morgan fingerprint density at radius 3 is 2.97 bits per heavy atom. The molecule has 1 aliphatic rings. The molecule has 0 saturated heterocycles. The Morgan fingerprint density at radius 2 is 2.19 bits per heavy atom. The van der Waals surface area contributed by atoms with E-state index in [4.69, 9.17) is 21.1 Å². The number of nitrogens with one attached hydrogen (secondary N) is 1. The van der Waals surface area contributed by atoms with E-state index >= 15 is 0 Å². The van der Waals surface area contributed by atoms with E-state index in [0.29, 0.717) is 24.5 Å². The fraction of sp³-hybridized carbons (Fsp3) is 0.150. The summed E-state index contributed by atoms with van der Waals surface area (Å²) in [6.07, 6.45) is 1.39. The molecule has 2 aromatic heterocycles. The molecule has 0 aliphatic carbocycles. The van der Waals surface area contributed by atoms with Crippen molar-refractivity contribution in [1.29, 1.82) is 0 Å². The second kappa shape index (κ2) is 7.61. The van der Waals surface area contributed by atoms with Crippen molar-refractivity contribution in [3.8, 4) is 22.9 Å². The number of benzene rings is 2. The summed E-state index contributed by atoms with van der Waals surface area (Å²) in [6.45, 7) is 1.08. The average molecular weight is 457 g/mol. The lowest BCUT2D eigenvalue weighted by molar-refractivity contribution is -0.387. The number of ether oxygens (including phenoxy) is 2. The van der Waals surface area contributed by atoms with Crippen LogP contribution in [0.3, 0.4) is 0 Å². The van der Waals surface area contributed by atoms with Crippen molar-refractivity contribution >= 4 is 39.8 Å². The molecule has 1 aliphatic heterocycles. The zero-order chi connectivity index (χ0) is 22.4. The molecule has 0 spiro atoms. The van der Waals surface area contributed by atoms with E-state index < -0.39 is 16.4 Å². The van der Waals surface area contributed by atoms with Crippen LogP contribution in [0.25, 0.3) is 22.3 Å². The third-order valence-corrected chi connectivity index (χ3v) is 5.25. The van der Waals surface area contributed by atoms with E-state index in [1.807, 2.05) is 22.9 Å². The Hall–Kier alpha value is -3.99. The molecule has 0 saturated carbocycles. The summed E-state index contributed by atoms with van der Waals surface area (Å²) < 4.78 is 26.6. The minimum Gasteiger partial charge on any atom is -0.494 e. The molecule has 10 nitrogen and oxygen atoms in total. The van der Waals surface area contributed by atoms with Crippen LogP contribution in [0, 0.1) is 15.9 Å². The Labute approximate surface area is 184 Å². The lowest BCUT2D eigenvalue weighted by Crippen LogP contribution is -2.14. The Morgan fingerprint density at radius 1 is 1.34 bits per heavy atom. The number of hydrogen-bond acceptors (Lipinski definition) is 8. The number of anilines is 2. The van der Waals surface area contributed by atoms with E-state index in [-0.39, 0.29) is 22.4 Å². The molecule has 3 heterocycles. The molecule has 162 valence electrons. The molecule has 1 N–H and O–H groups in total. The van der Waals surface area contributed by atoms with Gasteiger partial charge >= 0.3 is 5.69 Å². The van der Waals surface area contributed by atoms with E-state index in [2.05, 4.69) is 20.4 Å². The SMILES string of the molecule is COc1cc(F)c([N+](=O)[O-])cc1Nc1ncc(Cl)c(-c2nn3c4c(cccc24)OCC3)n1. The van der Waals surface area contributed by atoms with E-state index in [0.717, 1.165) is 28.8 Å². The van der Waals surface area contributed by atoms with Gasteiger partial charge in [0.05, 0.1) is 35.5 Å². The number of nitrogens with zero attached hydrogens (tertiary/aromatic N) is 5. The lowest BCUT2D eigenvalue weighted by atomic mass is 10.1. The van der Waals surface area contributed by atoms with Gasteiger partial charge in [-0.1, -0.05) is 23.7 Å². The van der Waals surface area contributed by atoms with Crippen molar-refractivity contribution in [2.45, 2.75) is 6.54 Å². The summed E-state index contributed by atoms with van der Waals surface area (Å²) in [4.78, 5) is 18.9. The number of hydrogen-bond donors (Lipinski definition) is 1. The first kappa shape index (κ1) is 19.9. The number of rotatable bonds is 5. The normalized spacial score (nSPS) is 12.5. The van der Waals surface area contributed by atoms with Crippen LogP contribution in [0.5, 0.6) is 11.5 Å². The van der Waals surface area contributed by atoms with Crippen molar-refractivity contribution in [3.05, 3.63) is 57.5 Å². The lowest BCUT2D eigenvalue weighted by Gasteiger charge is -2.14. The molecule has 0 radical (unpaired) electrons. The summed E-state index contributed by atoms with van der Waals surface area (Å²) in [5.74, 6) is -0.167. The minimum atomic E-state index is -1.02. The number of methoxy groups -OCH3 is 1. The van der Waals surface area contributed by atoms with Crippen molar-refractivity contribution < 1.29 is 18.8 Å². The fourth-order valence-corrected chi connectivity index (χ4v) is 3.74. The quantitative estimate of drug-likeness (QED) is 0.348. The smallest absolute Gasteiger partial charge is 0.307 e. The molecule has 2 aromatic carbocycles. The maximum Gasteiger partial charge on any atom is 0.307 e. The summed E-state index contributed by atoms with van der Waals surface area (Å²) in [7, 11) is 1.32. The first-order valence-corrected chi connectivity index (χ1v) is 9.78. The summed E-state index contributed by atoms with van der Waals surface area (Å²) in [5.41, 5.74) is 1.16. The summed E-state index contributed by atoms with van der Waals surface area (Å²) >= 11 is 6.39. The molecule has 12 heteroatoms. The van der Waals surface area contributed by atoms with Crippen molar-refractivity contribution in [1.82, 2.24) is 19.7 Å². The number of nitro groups is 1. The topological polar surface area (TPSA) is 117 Å². The molecule has 0 amide bonds. The van der Waals surface area contributed by atoms with Gasteiger partial charge in [0.1, 0.15) is 35.0 Å². The highest BCUT2D eigenvalue weighted by atomic mass is 35.5. The van der Waals surface area contributed by atoms with E-state index in [1.54, 1.807) is 0 Å². The van der Waals surface area contributed by atoms with Gasteiger partial charge in [0.25, 0.3) is 0 Å². The number of halogens is 2. The zero-order valence-electron chi connectivity index (χ0n) is 16.5. The number of aromatic nitrogens is 4. The van der Waals surface area contributed by atoms with Crippen LogP contribution in [0.15, 0.2) is 36.5 Å². The van der Waals surface area contributed by atoms with Crippen molar-refractivity contribution in [2.24, 2.45) is 0 Å². The van der Waals surface area contributed by atoms with Gasteiger partial charge in [-0.15, -0.1) is 0 Å². The fourth-order valence-electron chi connectivity index (χ4n) is 3.56. The van der Waals surface area contributed by atoms with Gasteiger partial charge in [-0.25, -0.2) is 9.97 Å². The zero-order valence-corrected chi connectivity index (χ0v) is 17.3. The molecule has 0 bridgehead atoms. The average Bonchev–Trinajstić information content (AvgIpc) is 3.16. The monoisotopic (exact) mass is 456 g/mol. The van der Waals surface area contributed by atoms with Gasteiger partial charge in [-0.05, 0) is 6.07 Å². The van der Waals surface area contributed by atoms with Gasteiger partial charge in [0.15, 0.2) is 0 Å². The summed E-state index contributed by atoms with van der Waals surface area (Å²) in [6, 6.07) is 7.55. The summed E-state index contributed by atoms with van der Waals surface area (Å²) in [5, 5.41) is 19.7.